The van der Waals surface area contributed by atoms with Gasteiger partial charge in [-0.25, -0.2) is 0 Å². The minimum absolute atomic E-state index is 0.155. The molecular formula is C10H15Cl3O2Si. The van der Waals surface area contributed by atoms with Crippen LogP contribution in [0.5, 0.6) is 0 Å². The summed E-state index contributed by atoms with van der Waals surface area (Å²) in [5.41, 5.74) is 0.251. The Kier molecular flexibility index (Phi) is 2.65. The predicted octanol–water partition coefficient (Wildman–Crippen LogP) is 3.57. The monoisotopic (exact) mass is 300 g/mol. The van der Waals surface area contributed by atoms with Gasteiger partial charge in [0.15, 0.2) is 5.79 Å². The van der Waals surface area contributed by atoms with Crippen molar-refractivity contribution in [3.63, 3.8) is 0 Å². The highest BCUT2D eigenvalue weighted by Crippen LogP contribution is 2.62. The van der Waals surface area contributed by atoms with Gasteiger partial charge >= 0.3 is 6.00 Å². The molecule has 2 bridgehead atoms. The Morgan fingerprint density at radius 1 is 1.06 bits per heavy atom. The van der Waals surface area contributed by atoms with Crippen LogP contribution in [-0.4, -0.2) is 24.0 Å². The molecule has 0 aromatic heterocycles. The zero-order chi connectivity index (χ0) is 11.7. The normalized spacial score (nSPS) is 49.7. The van der Waals surface area contributed by atoms with Crippen LogP contribution in [0.2, 0.25) is 5.54 Å². The van der Waals surface area contributed by atoms with E-state index >= 15 is 0 Å². The van der Waals surface area contributed by atoms with Gasteiger partial charge in [0.25, 0.3) is 0 Å². The Bertz CT molecular complexity index is 318. The Hall–Kier alpha value is 1.01. The van der Waals surface area contributed by atoms with Gasteiger partial charge < -0.3 is 9.47 Å². The van der Waals surface area contributed by atoms with E-state index < -0.39 is 11.8 Å². The van der Waals surface area contributed by atoms with Crippen LogP contribution in [-0.2, 0) is 9.47 Å². The molecule has 2 saturated carbocycles. The molecule has 5 atom stereocenters. The second-order valence-corrected chi connectivity index (χ2v) is 14.5. The fraction of sp³-hybridized carbons (Fsp3) is 1.00. The van der Waals surface area contributed by atoms with Gasteiger partial charge in [0.1, 0.15) is 0 Å². The maximum absolute atomic E-state index is 6.17. The van der Waals surface area contributed by atoms with E-state index in [4.69, 9.17) is 42.7 Å². The van der Waals surface area contributed by atoms with Crippen molar-refractivity contribution in [3.05, 3.63) is 0 Å². The van der Waals surface area contributed by atoms with Crippen molar-refractivity contribution in [1.29, 1.82) is 0 Å². The van der Waals surface area contributed by atoms with Crippen molar-refractivity contribution in [2.24, 2.45) is 11.8 Å². The lowest BCUT2D eigenvalue weighted by atomic mass is 9.94. The SMILES string of the molecule is CC1(C)O[C@@H]2[C@@H]3C[C@H]([C@@H]2O1)[C@@H]([Si](Cl)(Cl)Cl)C3. The third-order valence-corrected chi connectivity index (χ3v) is 8.15. The largest absolute Gasteiger partial charge is 0.344 e. The molecule has 3 rings (SSSR count). The van der Waals surface area contributed by atoms with Crippen molar-refractivity contribution in [3.8, 4) is 0 Å². The Morgan fingerprint density at radius 3 is 2.31 bits per heavy atom. The summed E-state index contributed by atoms with van der Waals surface area (Å²) < 4.78 is 11.9. The molecule has 1 saturated heterocycles. The maximum atomic E-state index is 6.17. The summed E-state index contributed by atoms with van der Waals surface area (Å²) in [7, 11) is 0. The summed E-state index contributed by atoms with van der Waals surface area (Å²) in [6.07, 6.45) is 2.50. The van der Waals surface area contributed by atoms with Crippen LogP contribution in [0.3, 0.4) is 0 Å². The lowest BCUT2D eigenvalue weighted by molar-refractivity contribution is -0.157. The highest BCUT2D eigenvalue weighted by molar-refractivity contribution is 7.65. The van der Waals surface area contributed by atoms with Gasteiger partial charge in [0.05, 0.1) is 12.2 Å². The van der Waals surface area contributed by atoms with E-state index in [9.17, 15) is 0 Å². The molecule has 0 aromatic carbocycles. The van der Waals surface area contributed by atoms with E-state index in [1.165, 1.54) is 0 Å². The molecule has 0 spiro atoms. The number of hydrogen-bond acceptors (Lipinski definition) is 2. The summed E-state index contributed by atoms with van der Waals surface area (Å²) in [5, 5.41) is 0. The molecule has 3 fully saturated rings. The first-order valence-electron chi connectivity index (χ1n) is 5.70. The fourth-order valence-corrected chi connectivity index (χ4v) is 7.27. The van der Waals surface area contributed by atoms with Crippen molar-refractivity contribution >= 4 is 39.2 Å². The van der Waals surface area contributed by atoms with E-state index in [-0.39, 0.29) is 17.7 Å². The van der Waals surface area contributed by atoms with Gasteiger partial charge in [-0.1, -0.05) is 0 Å². The number of halogens is 3. The Balaban J connectivity index is 1.83. The minimum Gasteiger partial charge on any atom is -0.344 e. The molecule has 16 heavy (non-hydrogen) atoms. The zero-order valence-electron chi connectivity index (χ0n) is 9.25. The van der Waals surface area contributed by atoms with Crippen molar-refractivity contribution in [2.75, 3.05) is 0 Å². The van der Waals surface area contributed by atoms with Gasteiger partial charge in [-0.3, -0.25) is 0 Å². The first-order valence-corrected chi connectivity index (χ1v) is 10.8. The number of hydrogen-bond donors (Lipinski definition) is 0. The van der Waals surface area contributed by atoms with Gasteiger partial charge in [-0.2, -0.15) is 0 Å². The van der Waals surface area contributed by atoms with E-state index in [2.05, 4.69) is 0 Å². The molecule has 1 heterocycles. The lowest BCUT2D eigenvalue weighted by Crippen LogP contribution is -2.38. The van der Waals surface area contributed by atoms with Gasteiger partial charge in [-0.15, -0.1) is 33.2 Å². The number of fused-ring (bicyclic) bond motifs is 5. The van der Waals surface area contributed by atoms with Gasteiger partial charge in [0.2, 0.25) is 0 Å². The lowest BCUT2D eigenvalue weighted by Gasteiger charge is -2.32. The first-order chi connectivity index (χ1) is 7.28. The van der Waals surface area contributed by atoms with Crippen molar-refractivity contribution in [2.45, 2.75) is 50.2 Å². The van der Waals surface area contributed by atoms with E-state index in [0.717, 1.165) is 12.8 Å². The molecular weight excluding hydrogens is 287 g/mol. The Labute approximate surface area is 111 Å². The van der Waals surface area contributed by atoms with Gasteiger partial charge in [-0.05, 0) is 38.5 Å². The molecule has 0 N–H and O–H groups in total. The van der Waals surface area contributed by atoms with E-state index in [0.29, 0.717) is 11.8 Å². The summed E-state index contributed by atoms with van der Waals surface area (Å²) in [6.45, 7) is 3.93. The van der Waals surface area contributed by atoms with Crippen LogP contribution < -0.4 is 0 Å². The summed E-state index contributed by atoms with van der Waals surface area (Å²) in [5.74, 6) is 0.469. The summed E-state index contributed by atoms with van der Waals surface area (Å²) in [6, 6.07) is -2.60. The molecule has 0 amide bonds. The second kappa shape index (κ2) is 3.52. The standard InChI is InChI=1S/C10H15Cl3O2Si/c1-10(2)14-8-5-3-6(9(8)15-10)7(4-5)16(11,12)13/h5-9H,3-4H2,1-2H3/t5-,6+,7+,8-,9+/m1/s1. The summed E-state index contributed by atoms with van der Waals surface area (Å²) >= 11 is 18.5. The van der Waals surface area contributed by atoms with Gasteiger partial charge in [0, 0.05) is 5.54 Å². The number of rotatable bonds is 1. The highest BCUT2D eigenvalue weighted by atomic mass is 35.8. The molecule has 0 radical (unpaired) electrons. The number of ether oxygens (including phenoxy) is 2. The minimum atomic E-state index is -2.60. The molecule has 0 aromatic rings. The van der Waals surface area contributed by atoms with E-state index in [1.807, 2.05) is 13.8 Å². The zero-order valence-corrected chi connectivity index (χ0v) is 12.5. The highest BCUT2D eigenvalue weighted by Gasteiger charge is 2.64. The predicted molar refractivity (Wildman–Crippen MR) is 67.1 cm³/mol. The quantitative estimate of drug-likeness (QED) is 0.544. The Morgan fingerprint density at radius 2 is 1.69 bits per heavy atom. The summed E-state index contributed by atoms with van der Waals surface area (Å²) in [4.78, 5) is 0. The second-order valence-electron chi connectivity index (χ2n) is 5.61. The average Bonchev–Trinajstić information content (AvgIpc) is 2.68. The molecule has 3 aliphatic rings. The molecule has 1 aliphatic heterocycles. The molecule has 92 valence electrons. The fourth-order valence-electron chi connectivity index (χ4n) is 3.63. The smallest absolute Gasteiger partial charge is 0.344 e. The van der Waals surface area contributed by atoms with Crippen molar-refractivity contribution in [1.82, 2.24) is 0 Å². The van der Waals surface area contributed by atoms with Crippen LogP contribution in [0.15, 0.2) is 0 Å². The van der Waals surface area contributed by atoms with Crippen LogP contribution >= 0.6 is 33.2 Å². The van der Waals surface area contributed by atoms with Crippen LogP contribution in [0.25, 0.3) is 0 Å². The maximum Gasteiger partial charge on any atom is 0.344 e. The van der Waals surface area contributed by atoms with E-state index in [1.54, 1.807) is 0 Å². The molecule has 2 aliphatic carbocycles. The molecule has 2 nitrogen and oxygen atoms in total. The topological polar surface area (TPSA) is 18.5 Å². The molecule has 6 heteroatoms. The average molecular weight is 302 g/mol. The van der Waals surface area contributed by atoms with Crippen LogP contribution in [0.1, 0.15) is 26.7 Å². The van der Waals surface area contributed by atoms with Crippen LogP contribution in [0.4, 0.5) is 0 Å². The molecule has 0 unspecified atom stereocenters. The third kappa shape index (κ3) is 1.75. The third-order valence-electron chi connectivity index (χ3n) is 4.12. The first kappa shape index (κ1) is 12.1. The van der Waals surface area contributed by atoms with Crippen LogP contribution in [0, 0.1) is 11.8 Å². The van der Waals surface area contributed by atoms with Crippen molar-refractivity contribution < 1.29 is 9.47 Å².